The van der Waals surface area contributed by atoms with Crippen LogP contribution in [0.1, 0.15) is 15.9 Å². The standard InChI is InChI=1S/C24H20F2N4O/c1-27-23-20-12-16(7-9-22(20)28-14-29-23)15-6-8-21(26)18(10-15)13-30(2)24(31)17-4-3-5-19(25)11-17/h3-12,14H,13H2,1-2H3,(H,27,28,29). The molecule has 31 heavy (non-hydrogen) atoms. The van der Waals surface area contributed by atoms with Crippen LogP contribution in [0.4, 0.5) is 14.6 Å². The number of rotatable bonds is 5. The van der Waals surface area contributed by atoms with Gasteiger partial charge in [0.15, 0.2) is 0 Å². The first kappa shape index (κ1) is 20.4. The summed E-state index contributed by atoms with van der Waals surface area (Å²) in [5.41, 5.74) is 3.05. The van der Waals surface area contributed by atoms with Crippen molar-refractivity contribution in [3.05, 3.63) is 89.8 Å². The number of halogens is 2. The van der Waals surface area contributed by atoms with Crippen molar-refractivity contribution in [3.8, 4) is 11.1 Å². The molecule has 156 valence electrons. The van der Waals surface area contributed by atoms with Gasteiger partial charge in [-0.3, -0.25) is 4.79 Å². The van der Waals surface area contributed by atoms with Crippen LogP contribution < -0.4 is 5.32 Å². The summed E-state index contributed by atoms with van der Waals surface area (Å²) >= 11 is 0. The van der Waals surface area contributed by atoms with Gasteiger partial charge in [0.05, 0.1) is 5.52 Å². The highest BCUT2D eigenvalue weighted by Crippen LogP contribution is 2.28. The maximum absolute atomic E-state index is 14.5. The molecular formula is C24H20F2N4O. The van der Waals surface area contributed by atoms with E-state index in [0.717, 1.165) is 22.0 Å². The summed E-state index contributed by atoms with van der Waals surface area (Å²) in [7, 11) is 3.35. The van der Waals surface area contributed by atoms with Crippen molar-refractivity contribution in [2.75, 3.05) is 19.4 Å². The summed E-state index contributed by atoms with van der Waals surface area (Å²) in [5, 5.41) is 3.90. The molecule has 1 aromatic heterocycles. The maximum atomic E-state index is 14.5. The van der Waals surface area contributed by atoms with E-state index in [9.17, 15) is 13.6 Å². The molecule has 7 heteroatoms. The first-order valence-electron chi connectivity index (χ1n) is 9.68. The second-order valence-electron chi connectivity index (χ2n) is 7.18. The van der Waals surface area contributed by atoms with Gasteiger partial charge < -0.3 is 10.2 Å². The second kappa shape index (κ2) is 8.47. The van der Waals surface area contributed by atoms with Crippen molar-refractivity contribution in [1.29, 1.82) is 0 Å². The number of fused-ring (bicyclic) bond motifs is 1. The third-order valence-electron chi connectivity index (χ3n) is 5.08. The fourth-order valence-corrected chi connectivity index (χ4v) is 3.48. The molecule has 0 bridgehead atoms. The van der Waals surface area contributed by atoms with Crippen molar-refractivity contribution < 1.29 is 13.6 Å². The van der Waals surface area contributed by atoms with Crippen LogP contribution in [-0.4, -0.2) is 34.9 Å². The Labute approximate surface area is 178 Å². The number of aromatic nitrogens is 2. The molecule has 4 rings (SSSR count). The predicted molar refractivity (Wildman–Crippen MR) is 117 cm³/mol. The zero-order chi connectivity index (χ0) is 22.0. The Balaban J connectivity index is 1.64. The molecule has 1 heterocycles. The third kappa shape index (κ3) is 4.21. The first-order valence-corrected chi connectivity index (χ1v) is 9.68. The Morgan fingerprint density at radius 2 is 1.77 bits per heavy atom. The fraction of sp³-hybridized carbons (Fsp3) is 0.125. The van der Waals surface area contributed by atoms with Gasteiger partial charge in [-0.1, -0.05) is 18.2 Å². The predicted octanol–water partition coefficient (Wildman–Crippen LogP) is 4.89. The summed E-state index contributed by atoms with van der Waals surface area (Å²) in [4.78, 5) is 22.5. The number of amides is 1. The molecule has 3 aromatic carbocycles. The molecule has 0 aliphatic rings. The van der Waals surface area contributed by atoms with Gasteiger partial charge in [0.25, 0.3) is 5.91 Å². The Kier molecular flexibility index (Phi) is 5.58. The zero-order valence-corrected chi connectivity index (χ0v) is 17.1. The van der Waals surface area contributed by atoms with E-state index in [1.165, 1.54) is 41.6 Å². The molecule has 0 radical (unpaired) electrons. The van der Waals surface area contributed by atoms with E-state index < -0.39 is 11.6 Å². The molecule has 1 N–H and O–H groups in total. The lowest BCUT2D eigenvalue weighted by molar-refractivity contribution is 0.0783. The molecule has 4 aromatic rings. The molecule has 0 saturated carbocycles. The Morgan fingerprint density at radius 3 is 2.55 bits per heavy atom. The summed E-state index contributed by atoms with van der Waals surface area (Å²) in [6, 6.07) is 16.0. The molecule has 0 fully saturated rings. The lowest BCUT2D eigenvalue weighted by Crippen LogP contribution is -2.26. The van der Waals surface area contributed by atoms with Gasteiger partial charge in [0, 0.05) is 37.2 Å². The van der Waals surface area contributed by atoms with Gasteiger partial charge in [-0.25, -0.2) is 18.7 Å². The normalized spacial score (nSPS) is 10.8. The van der Waals surface area contributed by atoms with Crippen molar-refractivity contribution >= 4 is 22.6 Å². The number of anilines is 1. The molecular weight excluding hydrogens is 398 g/mol. The number of benzene rings is 3. The van der Waals surface area contributed by atoms with Gasteiger partial charge >= 0.3 is 0 Å². The van der Waals surface area contributed by atoms with Crippen molar-refractivity contribution in [3.63, 3.8) is 0 Å². The molecule has 0 atom stereocenters. The lowest BCUT2D eigenvalue weighted by Gasteiger charge is -2.18. The highest BCUT2D eigenvalue weighted by atomic mass is 19.1. The van der Waals surface area contributed by atoms with Gasteiger partial charge in [0.1, 0.15) is 23.8 Å². The number of nitrogens with one attached hydrogen (secondary N) is 1. The molecule has 5 nitrogen and oxygen atoms in total. The van der Waals surface area contributed by atoms with Crippen molar-refractivity contribution in [1.82, 2.24) is 14.9 Å². The molecule has 0 aliphatic carbocycles. The van der Waals surface area contributed by atoms with Crippen molar-refractivity contribution in [2.24, 2.45) is 0 Å². The first-order chi connectivity index (χ1) is 15.0. The smallest absolute Gasteiger partial charge is 0.254 e. The molecule has 0 spiro atoms. The van der Waals surface area contributed by atoms with E-state index in [1.54, 1.807) is 26.2 Å². The van der Waals surface area contributed by atoms with Crippen LogP contribution in [0, 0.1) is 11.6 Å². The van der Waals surface area contributed by atoms with Gasteiger partial charge in [-0.2, -0.15) is 0 Å². The molecule has 0 aliphatic heterocycles. The average molecular weight is 418 g/mol. The SMILES string of the molecule is CNc1ncnc2ccc(-c3ccc(F)c(CN(C)C(=O)c4cccc(F)c4)c3)cc12. The number of carbonyl (C=O) groups excluding carboxylic acids is 1. The number of carbonyl (C=O) groups is 1. The monoisotopic (exact) mass is 418 g/mol. The van der Waals surface area contributed by atoms with E-state index in [0.29, 0.717) is 11.4 Å². The van der Waals surface area contributed by atoms with E-state index in [-0.39, 0.29) is 18.0 Å². The van der Waals surface area contributed by atoms with Gasteiger partial charge in [-0.05, 0) is 53.6 Å². The van der Waals surface area contributed by atoms with Crippen LogP contribution in [-0.2, 0) is 6.54 Å². The quantitative estimate of drug-likeness (QED) is 0.501. The highest BCUT2D eigenvalue weighted by molar-refractivity contribution is 5.94. The van der Waals surface area contributed by atoms with E-state index in [4.69, 9.17) is 0 Å². The maximum Gasteiger partial charge on any atom is 0.254 e. The minimum atomic E-state index is -0.492. The van der Waals surface area contributed by atoms with E-state index >= 15 is 0 Å². The zero-order valence-electron chi connectivity index (χ0n) is 17.1. The summed E-state index contributed by atoms with van der Waals surface area (Å²) in [6.45, 7) is 0.0491. The van der Waals surface area contributed by atoms with E-state index in [1.807, 2.05) is 18.2 Å². The largest absolute Gasteiger partial charge is 0.373 e. The van der Waals surface area contributed by atoms with Crippen LogP contribution >= 0.6 is 0 Å². The lowest BCUT2D eigenvalue weighted by atomic mass is 10.0. The van der Waals surface area contributed by atoms with Crippen LogP contribution in [0.15, 0.2) is 67.0 Å². The number of hydrogen-bond donors (Lipinski definition) is 1. The number of hydrogen-bond acceptors (Lipinski definition) is 4. The topological polar surface area (TPSA) is 58.1 Å². The van der Waals surface area contributed by atoms with E-state index in [2.05, 4.69) is 15.3 Å². The summed E-state index contributed by atoms with van der Waals surface area (Å²) in [5.74, 6) is -0.586. The van der Waals surface area contributed by atoms with Crippen LogP contribution in [0.5, 0.6) is 0 Å². The molecule has 0 unspecified atom stereocenters. The third-order valence-corrected chi connectivity index (χ3v) is 5.08. The van der Waals surface area contributed by atoms with Crippen LogP contribution in [0.3, 0.4) is 0 Å². The average Bonchev–Trinajstić information content (AvgIpc) is 2.79. The Morgan fingerprint density at radius 1 is 1.00 bits per heavy atom. The minimum Gasteiger partial charge on any atom is -0.373 e. The molecule has 1 amide bonds. The fourth-order valence-electron chi connectivity index (χ4n) is 3.48. The van der Waals surface area contributed by atoms with Crippen molar-refractivity contribution in [2.45, 2.75) is 6.54 Å². The number of nitrogens with zero attached hydrogens (tertiary/aromatic N) is 3. The van der Waals surface area contributed by atoms with Gasteiger partial charge in [0.2, 0.25) is 0 Å². The van der Waals surface area contributed by atoms with Crippen LogP contribution in [0.2, 0.25) is 0 Å². The highest BCUT2D eigenvalue weighted by Gasteiger charge is 2.15. The second-order valence-corrected chi connectivity index (χ2v) is 7.18. The minimum absolute atomic E-state index is 0.0491. The summed E-state index contributed by atoms with van der Waals surface area (Å²) < 4.78 is 28.0. The van der Waals surface area contributed by atoms with Crippen LogP contribution in [0.25, 0.3) is 22.0 Å². The molecule has 0 saturated heterocycles. The summed E-state index contributed by atoms with van der Waals surface area (Å²) in [6.07, 6.45) is 1.50. The Bertz CT molecular complexity index is 1280. The van der Waals surface area contributed by atoms with Gasteiger partial charge in [-0.15, -0.1) is 0 Å². The Hall–Kier alpha value is -3.87.